The van der Waals surface area contributed by atoms with Crippen LogP contribution < -0.4 is 0 Å². The molecule has 1 radical (unpaired) electrons. The largest absolute Gasteiger partial charge is 0.207 e. The molecule has 41 valence electrons. The van der Waals surface area contributed by atoms with Gasteiger partial charge in [-0.3, -0.25) is 0 Å². The van der Waals surface area contributed by atoms with E-state index in [1.54, 1.807) is 0 Å². The Kier molecular flexibility index (Phi) is 1.49. The average molecular weight is 130 g/mol. The van der Waals surface area contributed by atoms with Gasteiger partial charge in [-0.2, -0.15) is 0 Å². The monoisotopic (exact) mass is 129 g/mol. The summed E-state index contributed by atoms with van der Waals surface area (Å²) in [7, 11) is 0. The third-order valence-electron chi connectivity index (χ3n) is 0.718. The van der Waals surface area contributed by atoms with Crippen LogP contribution in [0.5, 0.6) is 0 Å². The van der Waals surface area contributed by atoms with Crippen molar-refractivity contribution >= 4 is 11.6 Å². The van der Waals surface area contributed by atoms with Crippen LogP contribution in [0.3, 0.4) is 0 Å². The lowest BCUT2D eigenvalue weighted by Crippen LogP contribution is -1.68. The highest BCUT2D eigenvalue weighted by atomic mass is 35.5. The van der Waals surface area contributed by atoms with Crippen LogP contribution in [0.15, 0.2) is 18.2 Å². The molecule has 0 bridgehead atoms. The third kappa shape index (κ3) is 1.20. The number of rotatable bonds is 0. The molecule has 0 spiro atoms. The van der Waals surface area contributed by atoms with E-state index >= 15 is 0 Å². The fraction of sp³-hybridized carbons (Fsp3) is 0. The molecule has 1 rings (SSSR count). The molecule has 0 nitrogen and oxygen atoms in total. The number of halogens is 2. The Bertz CT molecular complexity index is 168. The molecule has 0 saturated carbocycles. The molecule has 1 aromatic rings. The molecule has 0 saturated heterocycles. The molecule has 0 fully saturated rings. The van der Waals surface area contributed by atoms with Crippen LogP contribution in [-0.4, -0.2) is 0 Å². The van der Waals surface area contributed by atoms with Crippen LogP contribution in [0, 0.1) is 11.9 Å². The number of benzene rings is 1. The maximum absolute atomic E-state index is 12.1. The van der Waals surface area contributed by atoms with Gasteiger partial charge < -0.3 is 0 Å². The van der Waals surface area contributed by atoms with Crippen molar-refractivity contribution in [2.24, 2.45) is 0 Å². The minimum absolute atomic E-state index is 0.350. The molecule has 0 aliphatic heterocycles. The van der Waals surface area contributed by atoms with Gasteiger partial charge in [-0.25, -0.2) is 4.39 Å². The van der Waals surface area contributed by atoms with Crippen LogP contribution in [0.2, 0.25) is 5.02 Å². The Hall–Kier alpha value is -0.560. The zero-order valence-electron chi connectivity index (χ0n) is 3.99. The van der Waals surface area contributed by atoms with Crippen molar-refractivity contribution in [3.05, 3.63) is 35.1 Å². The smallest absolute Gasteiger partial charge is 0.125 e. The van der Waals surface area contributed by atoms with E-state index in [0.717, 1.165) is 0 Å². The molecule has 0 unspecified atom stereocenters. The van der Waals surface area contributed by atoms with Gasteiger partial charge in [0.25, 0.3) is 0 Å². The molecule has 0 aliphatic carbocycles. The zero-order chi connectivity index (χ0) is 5.98. The van der Waals surface area contributed by atoms with Crippen molar-refractivity contribution in [3.63, 3.8) is 0 Å². The van der Waals surface area contributed by atoms with Gasteiger partial charge in [0.05, 0.1) is 0 Å². The minimum atomic E-state index is -0.350. The summed E-state index contributed by atoms with van der Waals surface area (Å²) in [5.41, 5.74) is 0. The molecule has 0 heterocycles. The number of hydrogen-bond acceptors (Lipinski definition) is 0. The Morgan fingerprint density at radius 1 is 1.50 bits per heavy atom. The standard InChI is InChI=1S/C6H3ClF/c7-5-2-1-3-6(8)4-5/h2-4H. The normalized spacial score (nSPS) is 9.25. The number of hydrogen-bond donors (Lipinski definition) is 0. The highest BCUT2D eigenvalue weighted by molar-refractivity contribution is 6.30. The first-order valence-electron chi connectivity index (χ1n) is 2.11. The van der Waals surface area contributed by atoms with Crippen LogP contribution >= 0.6 is 11.6 Å². The van der Waals surface area contributed by atoms with E-state index in [1.165, 1.54) is 18.2 Å². The molecule has 2 heteroatoms. The van der Waals surface area contributed by atoms with E-state index < -0.39 is 0 Å². The van der Waals surface area contributed by atoms with Gasteiger partial charge in [-0.05, 0) is 24.3 Å². The highest BCUT2D eigenvalue weighted by Gasteiger charge is 1.87. The minimum Gasteiger partial charge on any atom is -0.207 e. The van der Waals surface area contributed by atoms with E-state index in [-0.39, 0.29) is 5.82 Å². The average Bonchev–Trinajstić information content (AvgIpc) is 1.64. The van der Waals surface area contributed by atoms with E-state index in [2.05, 4.69) is 6.07 Å². The van der Waals surface area contributed by atoms with Gasteiger partial charge in [0, 0.05) is 5.02 Å². The third-order valence-corrected chi connectivity index (χ3v) is 0.936. The predicted molar refractivity (Wildman–Crippen MR) is 30.2 cm³/mol. The second kappa shape index (κ2) is 2.14. The molecule has 1 aromatic carbocycles. The fourth-order valence-corrected chi connectivity index (χ4v) is 0.583. The van der Waals surface area contributed by atoms with Gasteiger partial charge in [-0.15, -0.1) is 0 Å². The van der Waals surface area contributed by atoms with Gasteiger partial charge in [0.2, 0.25) is 0 Å². The second-order valence-corrected chi connectivity index (χ2v) is 1.81. The lowest BCUT2D eigenvalue weighted by Gasteiger charge is -1.84. The van der Waals surface area contributed by atoms with Crippen LogP contribution in [0.1, 0.15) is 0 Å². The van der Waals surface area contributed by atoms with Crippen molar-refractivity contribution in [2.75, 3.05) is 0 Å². The summed E-state index contributed by atoms with van der Waals surface area (Å²) >= 11 is 5.37. The van der Waals surface area contributed by atoms with E-state index in [4.69, 9.17) is 11.6 Å². The van der Waals surface area contributed by atoms with E-state index in [0.29, 0.717) is 5.02 Å². The molecule has 0 atom stereocenters. The van der Waals surface area contributed by atoms with Crippen molar-refractivity contribution in [1.82, 2.24) is 0 Å². The fourth-order valence-electron chi connectivity index (χ4n) is 0.416. The lowest BCUT2D eigenvalue weighted by molar-refractivity contribution is 0.627. The zero-order valence-corrected chi connectivity index (χ0v) is 4.74. The van der Waals surface area contributed by atoms with Crippen molar-refractivity contribution < 1.29 is 4.39 Å². The first-order chi connectivity index (χ1) is 3.79. The van der Waals surface area contributed by atoms with Crippen LogP contribution in [0.25, 0.3) is 0 Å². The first-order valence-corrected chi connectivity index (χ1v) is 2.49. The summed E-state index contributed by atoms with van der Waals surface area (Å²) in [6.07, 6.45) is 0. The Balaban J connectivity index is 3.08. The van der Waals surface area contributed by atoms with Gasteiger partial charge in [-0.1, -0.05) is 11.6 Å². The quantitative estimate of drug-likeness (QED) is 0.504. The summed E-state index contributed by atoms with van der Waals surface area (Å²) in [5, 5.41) is 0.380. The molecular weight excluding hydrogens is 127 g/mol. The summed E-state index contributed by atoms with van der Waals surface area (Å²) in [5.74, 6) is -0.350. The van der Waals surface area contributed by atoms with Crippen molar-refractivity contribution in [1.29, 1.82) is 0 Å². The van der Waals surface area contributed by atoms with Crippen molar-refractivity contribution in [2.45, 2.75) is 0 Å². The maximum Gasteiger partial charge on any atom is 0.125 e. The molecule has 0 aromatic heterocycles. The first kappa shape index (κ1) is 5.57. The Morgan fingerprint density at radius 3 is 2.62 bits per heavy atom. The van der Waals surface area contributed by atoms with E-state index in [9.17, 15) is 4.39 Å². The topological polar surface area (TPSA) is 0 Å². The Morgan fingerprint density at radius 2 is 2.25 bits per heavy atom. The van der Waals surface area contributed by atoms with Gasteiger partial charge in [0.15, 0.2) is 0 Å². The SMILES string of the molecule is Fc1c[c]cc(Cl)c1. The molecular formula is C6H3ClF. The highest BCUT2D eigenvalue weighted by Crippen LogP contribution is 2.07. The predicted octanol–water partition coefficient (Wildman–Crippen LogP) is 2.28. The summed E-state index contributed by atoms with van der Waals surface area (Å²) in [4.78, 5) is 0. The molecule has 8 heavy (non-hydrogen) atoms. The summed E-state index contributed by atoms with van der Waals surface area (Å²) < 4.78 is 12.1. The summed E-state index contributed by atoms with van der Waals surface area (Å²) in [6.45, 7) is 0. The van der Waals surface area contributed by atoms with Crippen LogP contribution in [0.4, 0.5) is 4.39 Å². The molecule has 0 amide bonds. The summed E-state index contributed by atoms with van der Waals surface area (Å²) in [6, 6.07) is 6.49. The maximum atomic E-state index is 12.1. The second-order valence-electron chi connectivity index (χ2n) is 1.37. The molecule has 0 aliphatic rings. The van der Waals surface area contributed by atoms with Crippen molar-refractivity contribution in [3.8, 4) is 0 Å². The molecule has 0 N–H and O–H groups in total. The van der Waals surface area contributed by atoms with Gasteiger partial charge in [0.1, 0.15) is 5.82 Å². The lowest BCUT2D eigenvalue weighted by atomic mass is 10.4. The van der Waals surface area contributed by atoms with E-state index in [1.807, 2.05) is 0 Å². The van der Waals surface area contributed by atoms with Gasteiger partial charge >= 0.3 is 0 Å². The Labute approximate surface area is 51.9 Å². The van der Waals surface area contributed by atoms with Crippen LogP contribution in [-0.2, 0) is 0 Å².